The number of halogens is 1. The first kappa shape index (κ1) is 20.1. The van der Waals surface area contributed by atoms with Gasteiger partial charge in [-0.05, 0) is 22.5 Å². The second-order valence-corrected chi connectivity index (χ2v) is 11.7. The molecule has 3 aromatic rings. The molecule has 1 aliphatic rings. The van der Waals surface area contributed by atoms with Gasteiger partial charge < -0.3 is 17.0 Å². The van der Waals surface area contributed by atoms with Crippen molar-refractivity contribution in [3.8, 4) is 0 Å². The number of ketones is 1. The summed E-state index contributed by atoms with van der Waals surface area (Å²) in [6, 6.07) is 16.5. The van der Waals surface area contributed by atoms with Crippen molar-refractivity contribution in [1.82, 2.24) is 0 Å². The number of nitrogens with zero attached hydrogens (tertiary/aromatic N) is 2. The predicted molar refractivity (Wildman–Crippen MR) is 105 cm³/mol. The number of rotatable bonds is 3. The first-order valence-electron chi connectivity index (χ1n) is 8.79. The summed E-state index contributed by atoms with van der Waals surface area (Å²) in [4.78, 5) is 23.4. The van der Waals surface area contributed by atoms with Crippen LogP contribution in [0.1, 0.15) is 21.5 Å². The average Bonchev–Trinajstić information content (AvgIpc) is 2.67. The van der Waals surface area contributed by atoms with E-state index in [1.54, 1.807) is 12.1 Å². The van der Waals surface area contributed by atoms with E-state index in [0.29, 0.717) is 6.54 Å². The Labute approximate surface area is 174 Å². The minimum atomic E-state index is -1.92. The number of pyridine rings is 1. The van der Waals surface area contributed by atoms with Crippen LogP contribution >= 0.6 is 0 Å². The molecule has 0 radical (unpaired) electrons. The molecule has 0 atom stereocenters. The van der Waals surface area contributed by atoms with Crippen molar-refractivity contribution >= 4 is 29.9 Å². The third-order valence-corrected chi connectivity index (χ3v) is 8.86. The van der Waals surface area contributed by atoms with E-state index in [4.69, 9.17) is 0 Å². The number of fused-ring (bicyclic) bond motifs is 2. The third kappa shape index (κ3) is 3.31. The van der Waals surface area contributed by atoms with Crippen molar-refractivity contribution in [1.29, 1.82) is 0 Å². The monoisotopic (exact) mass is 454 g/mol. The molecule has 142 valence electrons. The van der Waals surface area contributed by atoms with Crippen LogP contribution in [-0.2, 0) is 6.54 Å². The number of carbonyl (C=O) groups excluding carboxylic acids is 1. The second-order valence-electron chi connectivity index (χ2n) is 7.37. The van der Waals surface area contributed by atoms with Gasteiger partial charge in [-0.15, -0.1) is 0 Å². The molecule has 1 aliphatic heterocycles. The minimum absolute atomic E-state index is 0. The molecular formula is C21H19BrN2O3Si. The molecule has 2 aromatic carbocycles. The second kappa shape index (κ2) is 7.41. The topological polar surface area (TPSA) is 64.1 Å². The Balaban J connectivity index is 0.00000225. The molecule has 0 saturated heterocycles. The number of carbonyl (C=O) groups is 1. The van der Waals surface area contributed by atoms with E-state index in [9.17, 15) is 14.9 Å². The average molecular weight is 455 g/mol. The van der Waals surface area contributed by atoms with Crippen molar-refractivity contribution in [2.75, 3.05) is 0 Å². The van der Waals surface area contributed by atoms with E-state index in [1.165, 1.54) is 17.3 Å². The molecule has 4 rings (SSSR count). The number of nitro groups is 1. The fourth-order valence-corrected chi connectivity index (χ4v) is 6.83. The molecule has 0 aliphatic carbocycles. The largest absolute Gasteiger partial charge is 1.00 e. The highest BCUT2D eigenvalue weighted by Gasteiger charge is 2.39. The van der Waals surface area contributed by atoms with E-state index in [0.717, 1.165) is 21.9 Å². The molecule has 0 fully saturated rings. The molecule has 1 aromatic heterocycles. The lowest BCUT2D eigenvalue weighted by Gasteiger charge is -2.31. The van der Waals surface area contributed by atoms with Crippen LogP contribution in [0.3, 0.4) is 0 Å². The molecule has 0 spiro atoms. The van der Waals surface area contributed by atoms with Crippen molar-refractivity contribution in [3.63, 3.8) is 0 Å². The van der Waals surface area contributed by atoms with Crippen LogP contribution in [0.2, 0.25) is 13.1 Å². The van der Waals surface area contributed by atoms with Crippen LogP contribution in [-0.4, -0.2) is 18.8 Å². The summed E-state index contributed by atoms with van der Waals surface area (Å²) >= 11 is 0. The number of hydrogen-bond donors (Lipinski definition) is 0. The van der Waals surface area contributed by atoms with Crippen molar-refractivity contribution in [2.45, 2.75) is 19.6 Å². The van der Waals surface area contributed by atoms with Crippen molar-refractivity contribution in [3.05, 3.63) is 93.8 Å². The van der Waals surface area contributed by atoms with Crippen LogP contribution in [0.25, 0.3) is 0 Å². The Morgan fingerprint density at radius 1 is 0.964 bits per heavy atom. The van der Waals surface area contributed by atoms with Crippen LogP contribution < -0.4 is 31.9 Å². The van der Waals surface area contributed by atoms with Crippen molar-refractivity contribution < 1.29 is 31.3 Å². The SMILES string of the molecule is C[Si]1(C)c2ccccc2C(=O)c2c[n+](Cc3ccc([N+](=O)[O-])cc3)ccc21.[Br-]. The highest BCUT2D eigenvalue weighted by Crippen LogP contribution is 2.19. The molecule has 0 saturated carbocycles. The Hall–Kier alpha value is -2.64. The molecular weight excluding hydrogens is 436 g/mol. The molecule has 28 heavy (non-hydrogen) atoms. The number of aromatic nitrogens is 1. The van der Waals surface area contributed by atoms with Gasteiger partial charge in [0.25, 0.3) is 5.69 Å². The maximum atomic E-state index is 13.1. The Morgan fingerprint density at radius 2 is 1.61 bits per heavy atom. The summed E-state index contributed by atoms with van der Waals surface area (Å²) in [5.74, 6) is 0.0745. The Morgan fingerprint density at radius 3 is 2.29 bits per heavy atom. The van der Waals surface area contributed by atoms with Crippen LogP contribution in [0.5, 0.6) is 0 Å². The van der Waals surface area contributed by atoms with Gasteiger partial charge in [-0.1, -0.05) is 37.4 Å². The summed E-state index contributed by atoms with van der Waals surface area (Å²) in [6.45, 7) is 5.11. The summed E-state index contributed by atoms with van der Waals surface area (Å²) in [5.41, 5.74) is 2.61. The maximum absolute atomic E-state index is 13.1. The fourth-order valence-electron chi connectivity index (χ4n) is 3.81. The molecule has 7 heteroatoms. The van der Waals surface area contributed by atoms with Gasteiger partial charge in [0, 0.05) is 29.3 Å². The van der Waals surface area contributed by atoms with E-state index in [-0.39, 0.29) is 28.5 Å². The van der Waals surface area contributed by atoms with Gasteiger partial charge in [0.2, 0.25) is 0 Å². The molecule has 0 N–H and O–H groups in total. The zero-order valence-corrected chi connectivity index (χ0v) is 18.1. The van der Waals surface area contributed by atoms with Crippen LogP contribution in [0.4, 0.5) is 5.69 Å². The zero-order valence-electron chi connectivity index (χ0n) is 15.6. The number of hydrogen-bond acceptors (Lipinski definition) is 3. The highest BCUT2D eigenvalue weighted by atomic mass is 79.9. The van der Waals surface area contributed by atoms with Gasteiger partial charge in [0.05, 0.1) is 10.5 Å². The molecule has 5 nitrogen and oxygen atoms in total. The molecule has 0 amide bonds. The van der Waals surface area contributed by atoms with Gasteiger partial charge in [-0.3, -0.25) is 14.9 Å². The Kier molecular flexibility index (Phi) is 5.32. The standard InChI is InChI=1S/C21H19N2O3Si.BrH/c1-27(2)19-6-4-3-5-17(19)21(24)18-14-22(12-11-20(18)27)13-15-7-9-16(10-8-15)23(25)26;/h3-12,14H,13H2,1-2H3;1H/q+1;/p-1. The highest BCUT2D eigenvalue weighted by molar-refractivity contribution is 7.02. The van der Waals surface area contributed by atoms with E-state index >= 15 is 0 Å². The lowest BCUT2D eigenvalue weighted by Crippen LogP contribution is -3.00. The Bertz CT molecular complexity index is 1080. The maximum Gasteiger partial charge on any atom is 0.269 e. The van der Waals surface area contributed by atoms with Gasteiger partial charge >= 0.3 is 0 Å². The summed E-state index contributed by atoms with van der Waals surface area (Å²) in [6.07, 6.45) is 3.92. The van der Waals surface area contributed by atoms with Crippen LogP contribution in [0, 0.1) is 10.1 Å². The lowest BCUT2D eigenvalue weighted by atomic mass is 10.0. The number of benzene rings is 2. The summed E-state index contributed by atoms with van der Waals surface area (Å²) < 4.78 is 1.97. The molecule has 0 unspecified atom stereocenters. The van der Waals surface area contributed by atoms with Gasteiger partial charge in [-0.2, -0.15) is 0 Å². The first-order valence-corrected chi connectivity index (χ1v) is 11.8. The van der Waals surface area contributed by atoms with Crippen molar-refractivity contribution in [2.24, 2.45) is 0 Å². The minimum Gasteiger partial charge on any atom is -1.00 e. The lowest BCUT2D eigenvalue weighted by molar-refractivity contribution is -0.688. The van der Waals surface area contributed by atoms with Crippen LogP contribution in [0.15, 0.2) is 67.0 Å². The quantitative estimate of drug-likeness (QED) is 0.227. The predicted octanol–water partition coefficient (Wildman–Crippen LogP) is -0.698. The van der Waals surface area contributed by atoms with Gasteiger partial charge in [-0.25, -0.2) is 4.57 Å². The fraction of sp³-hybridized carbons (Fsp3) is 0.143. The molecule has 2 heterocycles. The van der Waals surface area contributed by atoms with E-state index in [1.807, 2.05) is 35.2 Å². The third-order valence-electron chi connectivity index (χ3n) is 5.29. The number of non-ortho nitro benzene ring substituents is 1. The molecule has 0 bridgehead atoms. The number of nitro benzene ring substituents is 1. The normalized spacial score (nSPS) is 13.9. The smallest absolute Gasteiger partial charge is 0.269 e. The summed E-state index contributed by atoms with van der Waals surface area (Å²) in [5, 5.41) is 13.1. The zero-order chi connectivity index (χ0) is 19.2. The van der Waals surface area contributed by atoms with E-state index in [2.05, 4.69) is 25.2 Å². The first-order chi connectivity index (χ1) is 12.9. The van der Waals surface area contributed by atoms with Gasteiger partial charge in [0.1, 0.15) is 8.07 Å². The van der Waals surface area contributed by atoms with Gasteiger partial charge in [0.15, 0.2) is 24.7 Å². The van der Waals surface area contributed by atoms with E-state index < -0.39 is 13.0 Å². The summed E-state index contributed by atoms with van der Waals surface area (Å²) in [7, 11) is -1.92.